The zero-order chi connectivity index (χ0) is 15.7. The molecule has 0 unspecified atom stereocenters. The molecule has 0 bridgehead atoms. The average Bonchev–Trinajstić information content (AvgIpc) is 3.10. The number of nitrogens with zero attached hydrogens (tertiary/aromatic N) is 1. The van der Waals surface area contributed by atoms with E-state index >= 15 is 0 Å². The van der Waals surface area contributed by atoms with Crippen LogP contribution in [-0.2, 0) is 9.84 Å². The Morgan fingerprint density at radius 3 is 2.77 bits per heavy atom. The fourth-order valence-corrected chi connectivity index (χ4v) is 5.84. The lowest BCUT2D eigenvalue weighted by Crippen LogP contribution is -2.33. The van der Waals surface area contributed by atoms with Gasteiger partial charge in [-0.25, -0.2) is 8.42 Å². The maximum atomic E-state index is 12.4. The van der Waals surface area contributed by atoms with E-state index in [1.165, 1.54) is 11.3 Å². The van der Waals surface area contributed by atoms with Crippen LogP contribution in [0.1, 0.15) is 27.1 Å². The Kier molecular flexibility index (Phi) is 4.42. The number of hydrogen-bond acceptors (Lipinski definition) is 5. The summed E-state index contributed by atoms with van der Waals surface area (Å²) in [5.41, 5.74) is 0. The van der Waals surface area contributed by atoms with Crippen LogP contribution >= 0.6 is 27.3 Å². The molecule has 5 nitrogen and oxygen atoms in total. The number of furan rings is 1. The third-order valence-corrected chi connectivity index (χ3v) is 7.34. The van der Waals surface area contributed by atoms with Crippen molar-refractivity contribution in [2.75, 3.05) is 18.8 Å². The van der Waals surface area contributed by atoms with Crippen molar-refractivity contribution in [3.8, 4) is 0 Å². The van der Waals surface area contributed by atoms with E-state index < -0.39 is 15.1 Å². The summed E-state index contributed by atoms with van der Waals surface area (Å²) in [6.07, 6.45) is 0.413. The number of halogens is 1. The summed E-state index contributed by atoms with van der Waals surface area (Å²) in [5.74, 6) is -0.0741. The first-order valence-corrected chi connectivity index (χ1v) is 10.2. The number of thiophene rings is 1. The zero-order valence-corrected chi connectivity index (χ0v) is 14.8. The quantitative estimate of drug-likeness (QED) is 0.772. The van der Waals surface area contributed by atoms with Crippen molar-refractivity contribution in [2.45, 2.75) is 11.7 Å². The minimum Gasteiger partial charge on any atom is -0.444 e. The Balaban J connectivity index is 1.80. The molecule has 8 heteroatoms. The van der Waals surface area contributed by atoms with Crippen LogP contribution in [0.3, 0.4) is 0 Å². The van der Waals surface area contributed by atoms with Crippen molar-refractivity contribution in [3.63, 3.8) is 0 Å². The smallest absolute Gasteiger partial charge is 0.289 e. The first kappa shape index (κ1) is 15.8. The predicted molar refractivity (Wildman–Crippen MR) is 87.8 cm³/mol. The largest absolute Gasteiger partial charge is 0.444 e. The van der Waals surface area contributed by atoms with E-state index in [4.69, 9.17) is 4.42 Å². The van der Waals surface area contributed by atoms with Crippen LogP contribution in [-0.4, -0.2) is 38.1 Å². The number of rotatable bonds is 2. The minimum atomic E-state index is -3.25. The van der Waals surface area contributed by atoms with Crippen LogP contribution < -0.4 is 0 Å². The van der Waals surface area contributed by atoms with E-state index in [9.17, 15) is 13.2 Å². The van der Waals surface area contributed by atoms with Gasteiger partial charge < -0.3 is 9.32 Å². The van der Waals surface area contributed by atoms with E-state index in [0.717, 1.165) is 4.88 Å². The monoisotopic (exact) mass is 403 g/mol. The summed E-state index contributed by atoms with van der Waals surface area (Å²) in [6, 6.07) is 6.93. The highest BCUT2D eigenvalue weighted by molar-refractivity contribution is 9.10. The molecule has 3 heterocycles. The molecule has 2 aromatic heterocycles. The molecule has 0 spiro atoms. The van der Waals surface area contributed by atoms with Gasteiger partial charge in [-0.2, -0.15) is 0 Å². The third kappa shape index (κ3) is 3.13. The summed E-state index contributed by atoms with van der Waals surface area (Å²) in [7, 11) is -3.25. The van der Waals surface area contributed by atoms with Gasteiger partial charge in [0.2, 0.25) is 0 Å². The summed E-state index contributed by atoms with van der Waals surface area (Å²) in [4.78, 5) is 14.8. The minimum absolute atomic E-state index is 0.0246. The lowest BCUT2D eigenvalue weighted by Gasteiger charge is -2.18. The molecule has 0 aromatic carbocycles. The van der Waals surface area contributed by atoms with Crippen LogP contribution in [0.2, 0.25) is 0 Å². The van der Waals surface area contributed by atoms with Gasteiger partial charge in [0.1, 0.15) is 0 Å². The molecule has 118 valence electrons. The number of hydrogen-bond donors (Lipinski definition) is 0. The van der Waals surface area contributed by atoms with Gasteiger partial charge in [-0.05, 0) is 45.9 Å². The number of sulfone groups is 1. The van der Waals surface area contributed by atoms with Gasteiger partial charge >= 0.3 is 0 Å². The van der Waals surface area contributed by atoms with Crippen LogP contribution in [0, 0.1) is 0 Å². The number of carbonyl (C=O) groups excluding carboxylic acids is 1. The van der Waals surface area contributed by atoms with Gasteiger partial charge in [0.05, 0.1) is 11.0 Å². The Hall–Kier alpha value is -1.12. The molecule has 1 aliphatic heterocycles. The molecule has 0 N–H and O–H groups in total. The van der Waals surface area contributed by atoms with E-state index in [1.54, 1.807) is 17.0 Å². The fourth-order valence-electron chi connectivity index (χ4n) is 2.53. The second-order valence-corrected chi connectivity index (χ2v) is 9.12. The van der Waals surface area contributed by atoms with E-state index in [1.807, 2.05) is 17.5 Å². The highest BCUT2D eigenvalue weighted by Gasteiger charge is 2.34. The standard InChI is InChI=1S/C14H14BrNO4S2/c15-13-4-3-10(20-13)14(17)16-6-5-12(11-2-1-8-21-11)22(18,19)9-7-16/h1-4,8,12H,5-7,9H2/t12-/m1/s1. The maximum absolute atomic E-state index is 12.4. The van der Waals surface area contributed by atoms with Gasteiger partial charge in [0.25, 0.3) is 5.91 Å². The Morgan fingerprint density at radius 2 is 2.14 bits per heavy atom. The van der Waals surface area contributed by atoms with Crippen LogP contribution in [0.4, 0.5) is 0 Å². The van der Waals surface area contributed by atoms with Crippen molar-refractivity contribution in [1.82, 2.24) is 4.90 Å². The highest BCUT2D eigenvalue weighted by Crippen LogP contribution is 2.32. The molecule has 3 rings (SSSR count). The molecule has 1 atom stereocenters. The normalized spacial score (nSPS) is 21.5. The predicted octanol–water partition coefficient (Wildman–Crippen LogP) is 3.11. The van der Waals surface area contributed by atoms with Crippen molar-refractivity contribution in [3.05, 3.63) is 45.0 Å². The molecule has 1 aliphatic rings. The molecule has 1 amide bonds. The van der Waals surface area contributed by atoms with Crippen LogP contribution in [0.5, 0.6) is 0 Å². The van der Waals surface area contributed by atoms with Gasteiger partial charge in [-0.1, -0.05) is 6.07 Å². The van der Waals surface area contributed by atoms with Crippen molar-refractivity contribution < 1.29 is 17.6 Å². The van der Waals surface area contributed by atoms with Gasteiger partial charge in [0, 0.05) is 18.0 Å². The Bertz CT molecular complexity index is 767. The molecular weight excluding hydrogens is 390 g/mol. The molecular formula is C14H14BrNO4S2. The van der Waals surface area contributed by atoms with Gasteiger partial charge in [-0.3, -0.25) is 4.79 Å². The topological polar surface area (TPSA) is 67.6 Å². The molecule has 0 radical (unpaired) electrons. The van der Waals surface area contributed by atoms with Gasteiger partial charge in [-0.15, -0.1) is 11.3 Å². The fraction of sp³-hybridized carbons (Fsp3) is 0.357. The maximum Gasteiger partial charge on any atom is 0.289 e. The Morgan fingerprint density at radius 1 is 1.32 bits per heavy atom. The SMILES string of the molecule is O=C(c1ccc(Br)o1)N1CC[C@H](c2cccs2)S(=O)(=O)CC1. The van der Waals surface area contributed by atoms with Crippen molar-refractivity contribution in [1.29, 1.82) is 0 Å². The highest BCUT2D eigenvalue weighted by atomic mass is 79.9. The molecule has 1 saturated heterocycles. The van der Waals surface area contributed by atoms with E-state index in [2.05, 4.69) is 15.9 Å². The lowest BCUT2D eigenvalue weighted by atomic mass is 10.2. The second-order valence-electron chi connectivity index (χ2n) is 5.06. The Labute approximate surface area is 141 Å². The number of carbonyl (C=O) groups is 1. The number of amides is 1. The van der Waals surface area contributed by atoms with Crippen LogP contribution in [0.15, 0.2) is 38.7 Å². The van der Waals surface area contributed by atoms with Crippen molar-refractivity contribution in [2.24, 2.45) is 0 Å². The summed E-state index contributed by atoms with van der Waals surface area (Å²) < 4.78 is 30.6. The zero-order valence-electron chi connectivity index (χ0n) is 11.6. The summed E-state index contributed by atoms with van der Waals surface area (Å²) >= 11 is 4.60. The lowest BCUT2D eigenvalue weighted by molar-refractivity contribution is 0.0733. The summed E-state index contributed by atoms with van der Waals surface area (Å²) in [5, 5.41) is 1.35. The molecule has 2 aromatic rings. The first-order valence-electron chi connectivity index (χ1n) is 6.77. The summed E-state index contributed by atoms with van der Waals surface area (Å²) in [6.45, 7) is 0.598. The third-order valence-electron chi connectivity index (χ3n) is 3.67. The molecule has 22 heavy (non-hydrogen) atoms. The second kappa shape index (κ2) is 6.17. The molecule has 1 fully saturated rings. The average molecular weight is 404 g/mol. The van der Waals surface area contributed by atoms with Crippen LogP contribution in [0.25, 0.3) is 0 Å². The van der Waals surface area contributed by atoms with Crippen molar-refractivity contribution >= 4 is 43.0 Å². The van der Waals surface area contributed by atoms with E-state index in [-0.39, 0.29) is 24.0 Å². The molecule has 0 saturated carbocycles. The van der Waals surface area contributed by atoms with E-state index in [0.29, 0.717) is 17.6 Å². The molecule has 0 aliphatic carbocycles. The first-order chi connectivity index (χ1) is 10.5. The van der Waals surface area contributed by atoms with Gasteiger partial charge in [0.15, 0.2) is 20.3 Å².